The summed E-state index contributed by atoms with van der Waals surface area (Å²) in [7, 11) is -1.72. The topological polar surface area (TPSA) is 119 Å². The number of benzene rings is 1. The zero-order valence-corrected chi connectivity index (χ0v) is 16.3. The molecule has 0 saturated carbocycles. The summed E-state index contributed by atoms with van der Waals surface area (Å²) >= 11 is 0. The third kappa shape index (κ3) is 9.04. The Bertz CT molecular complexity index is 581. The quantitative estimate of drug-likeness (QED) is 0.358. The molecule has 2 amide bonds. The highest BCUT2D eigenvalue weighted by molar-refractivity contribution is 6.43. The number of hydrogen-bond acceptors (Lipinski definition) is 5. The maximum atomic E-state index is 12.4. The van der Waals surface area contributed by atoms with Gasteiger partial charge in [-0.15, -0.1) is 0 Å². The summed E-state index contributed by atoms with van der Waals surface area (Å²) in [6.07, 6.45) is 0.839. The van der Waals surface area contributed by atoms with Gasteiger partial charge in [-0.25, -0.2) is 0 Å². The van der Waals surface area contributed by atoms with Gasteiger partial charge in [0.25, 0.3) is 0 Å². The highest BCUT2D eigenvalue weighted by Crippen LogP contribution is 2.08. The number of amides is 2. The van der Waals surface area contributed by atoms with Crippen LogP contribution in [0.4, 0.5) is 0 Å². The molecule has 0 bridgehead atoms. The summed E-state index contributed by atoms with van der Waals surface area (Å²) in [6, 6.07) is 8.62. The Morgan fingerprint density at radius 1 is 1.07 bits per heavy atom. The summed E-state index contributed by atoms with van der Waals surface area (Å²) < 4.78 is 0. The normalized spacial score (nSPS) is 14.3. The van der Waals surface area contributed by atoms with Crippen LogP contribution in [0.1, 0.15) is 45.6 Å². The van der Waals surface area contributed by atoms with Crippen LogP contribution in [0.25, 0.3) is 0 Å². The van der Waals surface area contributed by atoms with Gasteiger partial charge in [0.15, 0.2) is 0 Å². The van der Waals surface area contributed by atoms with E-state index in [2.05, 4.69) is 10.6 Å². The van der Waals surface area contributed by atoms with Crippen LogP contribution < -0.4 is 10.6 Å². The molecule has 3 atom stereocenters. The Morgan fingerprint density at radius 3 is 2.22 bits per heavy atom. The lowest BCUT2D eigenvalue weighted by Crippen LogP contribution is -2.57. The molecule has 0 aliphatic rings. The molecule has 1 aromatic carbocycles. The molecule has 150 valence electrons. The number of nitrogens with one attached hydrogen (secondary N) is 2. The van der Waals surface area contributed by atoms with Gasteiger partial charge in [0, 0.05) is 6.42 Å². The van der Waals surface area contributed by atoms with Crippen LogP contribution in [0, 0.1) is 5.92 Å². The van der Waals surface area contributed by atoms with E-state index in [4.69, 9.17) is 0 Å². The minimum Gasteiger partial charge on any atom is -0.426 e. The Labute approximate surface area is 161 Å². The van der Waals surface area contributed by atoms with Gasteiger partial charge in [0.1, 0.15) is 6.04 Å². The van der Waals surface area contributed by atoms with E-state index in [1.807, 2.05) is 44.2 Å². The molecule has 0 aliphatic carbocycles. The van der Waals surface area contributed by atoms with Gasteiger partial charge < -0.3 is 25.8 Å². The minimum absolute atomic E-state index is 0.134. The van der Waals surface area contributed by atoms with E-state index < -0.39 is 31.1 Å². The minimum atomic E-state index is -1.72. The van der Waals surface area contributed by atoms with E-state index in [1.54, 1.807) is 0 Å². The van der Waals surface area contributed by atoms with Crippen LogP contribution in [0.2, 0.25) is 0 Å². The van der Waals surface area contributed by atoms with Gasteiger partial charge in [-0.3, -0.25) is 9.59 Å². The van der Waals surface area contributed by atoms with E-state index in [1.165, 1.54) is 6.92 Å². The predicted molar refractivity (Wildman–Crippen MR) is 105 cm³/mol. The van der Waals surface area contributed by atoms with Crippen LogP contribution in [-0.4, -0.2) is 52.2 Å². The summed E-state index contributed by atoms with van der Waals surface area (Å²) in [5.41, 5.74) is 1.13. The van der Waals surface area contributed by atoms with Crippen LogP contribution in [0.15, 0.2) is 30.3 Å². The molecule has 0 radical (unpaired) electrons. The van der Waals surface area contributed by atoms with Crippen molar-refractivity contribution in [2.24, 2.45) is 5.92 Å². The average molecular weight is 378 g/mol. The first-order valence-corrected chi connectivity index (χ1v) is 9.38. The SMILES string of the molecule is CC(C)C[C@H](NC(=O)[C@@H](NC(=O)CCCc1ccccc1)[C@@H](C)O)B(O)O. The molecule has 5 N–H and O–H groups in total. The molecule has 0 aromatic heterocycles. The predicted octanol–water partition coefficient (Wildman–Crippen LogP) is 0.418. The van der Waals surface area contributed by atoms with Crippen molar-refractivity contribution in [2.75, 3.05) is 0 Å². The zero-order valence-electron chi connectivity index (χ0n) is 16.3. The Kier molecular flexibility index (Phi) is 10.1. The summed E-state index contributed by atoms with van der Waals surface area (Å²) in [5.74, 6) is -1.71. The summed E-state index contributed by atoms with van der Waals surface area (Å²) in [5, 5.41) is 33.8. The molecule has 0 aliphatic heterocycles. The van der Waals surface area contributed by atoms with Gasteiger partial charge in [-0.05, 0) is 37.7 Å². The van der Waals surface area contributed by atoms with Gasteiger partial charge in [-0.2, -0.15) is 0 Å². The maximum absolute atomic E-state index is 12.4. The lowest BCUT2D eigenvalue weighted by atomic mass is 9.75. The van der Waals surface area contributed by atoms with Crippen LogP contribution in [0.5, 0.6) is 0 Å². The van der Waals surface area contributed by atoms with Crippen LogP contribution in [0.3, 0.4) is 0 Å². The molecule has 27 heavy (non-hydrogen) atoms. The van der Waals surface area contributed by atoms with Crippen LogP contribution >= 0.6 is 0 Å². The van der Waals surface area contributed by atoms with Crippen molar-refractivity contribution in [3.63, 3.8) is 0 Å². The number of aryl methyl sites for hydroxylation is 1. The molecular weight excluding hydrogens is 347 g/mol. The molecule has 0 spiro atoms. The van der Waals surface area contributed by atoms with Crippen molar-refractivity contribution >= 4 is 18.9 Å². The molecule has 1 rings (SSSR count). The second kappa shape index (κ2) is 11.7. The molecule has 0 unspecified atom stereocenters. The number of aliphatic hydroxyl groups is 1. The van der Waals surface area contributed by atoms with Crippen molar-refractivity contribution in [3.8, 4) is 0 Å². The van der Waals surface area contributed by atoms with Gasteiger partial charge in [0.05, 0.1) is 12.0 Å². The standard InChI is InChI=1S/C19H31BN2O5/c1-13(2)12-16(20(26)27)21-19(25)18(14(3)23)22-17(24)11-7-10-15-8-5-4-6-9-15/h4-6,8-9,13-14,16,18,23,26-27H,7,10-12H2,1-3H3,(H,21,25)(H,22,24)/t14-,16+,18+/m1/s1. The fourth-order valence-corrected chi connectivity index (χ4v) is 2.78. The molecule has 8 heteroatoms. The van der Waals surface area contributed by atoms with E-state index >= 15 is 0 Å². The lowest BCUT2D eigenvalue weighted by Gasteiger charge is -2.25. The van der Waals surface area contributed by atoms with Gasteiger partial charge >= 0.3 is 7.12 Å². The number of aliphatic hydroxyl groups excluding tert-OH is 1. The van der Waals surface area contributed by atoms with E-state index in [0.29, 0.717) is 12.8 Å². The lowest BCUT2D eigenvalue weighted by molar-refractivity contribution is -0.131. The number of hydrogen-bond donors (Lipinski definition) is 5. The van der Waals surface area contributed by atoms with Crippen molar-refractivity contribution in [1.29, 1.82) is 0 Å². The fraction of sp³-hybridized carbons (Fsp3) is 0.579. The summed E-state index contributed by atoms with van der Waals surface area (Å²) in [4.78, 5) is 24.6. The highest BCUT2D eigenvalue weighted by Gasteiger charge is 2.31. The Balaban J connectivity index is 2.55. The van der Waals surface area contributed by atoms with Gasteiger partial charge in [0.2, 0.25) is 11.8 Å². The van der Waals surface area contributed by atoms with Crippen molar-refractivity contribution in [3.05, 3.63) is 35.9 Å². The van der Waals surface area contributed by atoms with Crippen molar-refractivity contribution < 1.29 is 24.7 Å². The number of carbonyl (C=O) groups is 2. The maximum Gasteiger partial charge on any atom is 0.475 e. The average Bonchev–Trinajstić information content (AvgIpc) is 2.59. The number of carbonyl (C=O) groups excluding carboxylic acids is 2. The van der Waals surface area contributed by atoms with E-state index in [-0.39, 0.29) is 18.2 Å². The third-order valence-corrected chi connectivity index (χ3v) is 4.21. The first-order chi connectivity index (χ1) is 12.7. The molecule has 1 aromatic rings. The highest BCUT2D eigenvalue weighted by atomic mass is 16.4. The first kappa shape index (κ1) is 23.1. The molecule has 0 heterocycles. The molecular formula is C19H31BN2O5. The smallest absolute Gasteiger partial charge is 0.426 e. The third-order valence-electron chi connectivity index (χ3n) is 4.21. The number of rotatable bonds is 11. The monoisotopic (exact) mass is 378 g/mol. The second-order valence-corrected chi connectivity index (χ2v) is 7.28. The Hall–Kier alpha value is -1.90. The second-order valence-electron chi connectivity index (χ2n) is 7.28. The fourth-order valence-electron chi connectivity index (χ4n) is 2.78. The van der Waals surface area contributed by atoms with E-state index in [0.717, 1.165) is 12.0 Å². The zero-order chi connectivity index (χ0) is 20.4. The molecule has 7 nitrogen and oxygen atoms in total. The van der Waals surface area contributed by atoms with Crippen molar-refractivity contribution in [1.82, 2.24) is 10.6 Å². The first-order valence-electron chi connectivity index (χ1n) is 9.38. The molecule has 0 saturated heterocycles. The molecule has 0 fully saturated rings. The summed E-state index contributed by atoms with van der Waals surface area (Å²) in [6.45, 7) is 5.19. The largest absolute Gasteiger partial charge is 0.475 e. The van der Waals surface area contributed by atoms with Crippen LogP contribution in [-0.2, 0) is 16.0 Å². The Morgan fingerprint density at radius 2 is 1.70 bits per heavy atom. The van der Waals surface area contributed by atoms with Crippen molar-refractivity contribution in [2.45, 2.75) is 64.5 Å². The van der Waals surface area contributed by atoms with Gasteiger partial charge in [-0.1, -0.05) is 44.2 Å². The van der Waals surface area contributed by atoms with E-state index in [9.17, 15) is 24.7 Å².